The van der Waals surface area contributed by atoms with Crippen molar-refractivity contribution >= 4 is 23.4 Å². The lowest BCUT2D eigenvalue weighted by molar-refractivity contribution is 0.398. The largest absolute Gasteiger partial charge is 0.312 e. The molecule has 0 radical (unpaired) electrons. The second-order valence-corrected chi connectivity index (χ2v) is 7.70. The van der Waals surface area contributed by atoms with Crippen molar-refractivity contribution in [3.05, 3.63) is 34.6 Å². The molecule has 2 atom stereocenters. The van der Waals surface area contributed by atoms with E-state index in [-0.39, 0.29) is 15.6 Å². The highest BCUT2D eigenvalue weighted by molar-refractivity contribution is 8.00. The highest BCUT2D eigenvalue weighted by atomic mass is 35.5. The van der Waals surface area contributed by atoms with Crippen molar-refractivity contribution in [2.75, 3.05) is 12.3 Å². The van der Waals surface area contributed by atoms with E-state index in [1.54, 1.807) is 6.07 Å². The Morgan fingerprint density at radius 1 is 1.50 bits per heavy atom. The average molecular weight is 316 g/mol. The molecule has 112 valence electrons. The molecule has 0 spiro atoms. The van der Waals surface area contributed by atoms with Gasteiger partial charge in [-0.2, -0.15) is 11.8 Å². The minimum atomic E-state index is -0.317. The van der Waals surface area contributed by atoms with E-state index >= 15 is 0 Å². The minimum Gasteiger partial charge on any atom is -0.312 e. The molecule has 0 amide bonds. The van der Waals surface area contributed by atoms with Gasteiger partial charge < -0.3 is 5.32 Å². The molecule has 1 saturated heterocycles. The summed E-state index contributed by atoms with van der Waals surface area (Å²) in [5, 5.41) is 3.93. The van der Waals surface area contributed by atoms with Crippen LogP contribution in [0.3, 0.4) is 0 Å². The summed E-state index contributed by atoms with van der Waals surface area (Å²) in [6.45, 7) is 5.49. The quantitative estimate of drug-likeness (QED) is 0.818. The lowest BCUT2D eigenvalue weighted by Crippen LogP contribution is -2.47. The predicted octanol–water partition coefficient (Wildman–Crippen LogP) is 4.68. The number of hydrogen-bond acceptors (Lipinski definition) is 2. The van der Waals surface area contributed by atoms with Gasteiger partial charge in [0.1, 0.15) is 5.82 Å². The van der Waals surface area contributed by atoms with Crippen LogP contribution in [-0.4, -0.2) is 23.1 Å². The van der Waals surface area contributed by atoms with Gasteiger partial charge in [-0.25, -0.2) is 4.39 Å². The van der Waals surface area contributed by atoms with Crippen LogP contribution in [0.4, 0.5) is 4.39 Å². The van der Waals surface area contributed by atoms with Crippen LogP contribution < -0.4 is 5.32 Å². The zero-order valence-corrected chi connectivity index (χ0v) is 13.8. The number of nitrogens with one attached hydrogen (secondary N) is 1. The van der Waals surface area contributed by atoms with Gasteiger partial charge in [0.15, 0.2) is 0 Å². The SMILES string of the molecule is CCCNC(Cc1cccc(F)c1Cl)C1(C)CCCS1. The first-order valence-electron chi connectivity index (χ1n) is 7.37. The molecule has 0 aliphatic carbocycles. The number of benzene rings is 1. The lowest BCUT2D eigenvalue weighted by atomic mass is 9.90. The van der Waals surface area contributed by atoms with Crippen molar-refractivity contribution < 1.29 is 4.39 Å². The molecule has 2 rings (SSSR count). The van der Waals surface area contributed by atoms with E-state index < -0.39 is 0 Å². The van der Waals surface area contributed by atoms with E-state index in [2.05, 4.69) is 19.2 Å². The molecule has 1 fully saturated rings. The van der Waals surface area contributed by atoms with Gasteiger partial charge in [0, 0.05) is 10.8 Å². The van der Waals surface area contributed by atoms with Crippen LogP contribution in [0.5, 0.6) is 0 Å². The molecule has 0 saturated carbocycles. The third-order valence-corrected chi connectivity index (χ3v) is 6.15. The maximum atomic E-state index is 13.6. The zero-order valence-electron chi connectivity index (χ0n) is 12.2. The third kappa shape index (κ3) is 3.69. The molecule has 0 bridgehead atoms. The number of hydrogen-bond donors (Lipinski definition) is 1. The fourth-order valence-corrected chi connectivity index (χ4v) is 4.44. The maximum absolute atomic E-state index is 13.6. The topological polar surface area (TPSA) is 12.0 Å². The summed E-state index contributed by atoms with van der Waals surface area (Å²) < 4.78 is 13.8. The first kappa shape index (κ1) is 16.1. The standard InChI is InChI=1S/C16H23ClFNS/c1-3-9-19-14(16(2)8-5-10-20-16)11-12-6-4-7-13(18)15(12)17/h4,6-7,14,19H,3,5,8-11H2,1-2H3. The second kappa shape index (κ2) is 7.15. The van der Waals surface area contributed by atoms with Gasteiger partial charge >= 0.3 is 0 Å². The third-order valence-electron chi connectivity index (χ3n) is 4.08. The maximum Gasteiger partial charge on any atom is 0.142 e. The Morgan fingerprint density at radius 3 is 2.95 bits per heavy atom. The van der Waals surface area contributed by atoms with Gasteiger partial charge in [0.2, 0.25) is 0 Å². The van der Waals surface area contributed by atoms with Gasteiger partial charge in [-0.1, -0.05) is 30.7 Å². The van der Waals surface area contributed by atoms with E-state index in [0.29, 0.717) is 6.04 Å². The fourth-order valence-electron chi connectivity index (χ4n) is 2.82. The summed E-state index contributed by atoms with van der Waals surface area (Å²) in [6.07, 6.45) is 4.38. The highest BCUT2D eigenvalue weighted by Crippen LogP contribution is 2.41. The molecular weight excluding hydrogens is 293 g/mol. The molecule has 4 heteroatoms. The molecule has 1 aromatic carbocycles. The number of halogens is 2. The van der Waals surface area contributed by atoms with Crippen molar-refractivity contribution in [3.8, 4) is 0 Å². The average Bonchev–Trinajstić information content (AvgIpc) is 2.87. The van der Waals surface area contributed by atoms with Crippen LogP contribution in [0.2, 0.25) is 5.02 Å². The van der Waals surface area contributed by atoms with Gasteiger partial charge in [0.05, 0.1) is 5.02 Å². The highest BCUT2D eigenvalue weighted by Gasteiger charge is 2.37. The van der Waals surface area contributed by atoms with E-state index in [0.717, 1.165) is 24.9 Å². The Hall–Kier alpha value is -0.250. The molecule has 1 nitrogen and oxygen atoms in total. The van der Waals surface area contributed by atoms with E-state index in [9.17, 15) is 4.39 Å². The molecule has 1 aliphatic rings. The van der Waals surface area contributed by atoms with Gasteiger partial charge in [0.25, 0.3) is 0 Å². The molecule has 1 aliphatic heterocycles. The monoisotopic (exact) mass is 315 g/mol. The second-order valence-electron chi connectivity index (χ2n) is 5.69. The zero-order chi connectivity index (χ0) is 14.6. The van der Waals surface area contributed by atoms with Crippen molar-refractivity contribution in [1.29, 1.82) is 0 Å². The van der Waals surface area contributed by atoms with Gasteiger partial charge in [-0.3, -0.25) is 0 Å². The Bertz CT molecular complexity index is 446. The summed E-state index contributed by atoms with van der Waals surface area (Å²) in [5.41, 5.74) is 0.911. The van der Waals surface area contributed by atoms with Gasteiger partial charge in [-0.05, 0) is 56.5 Å². The molecule has 0 aromatic heterocycles. The normalized spacial score (nSPS) is 24.0. The van der Waals surface area contributed by atoms with Crippen LogP contribution >= 0.6 is 23.4 Å². The van der Waals surface area contributed by atoms with Crippen molar-refractivity contribution in [2.45, 2.75) is 50.3 Å². The molecule has 20 heavy (non-hydrogen) atoms. The number of rotatable bonds is 6. The summed E-state index contributed by atoms with van der Waals surface area (Å²) in [6, 6.07) is 5.45. The first-order chi connectivity index (χ1) is 9.57. The number of thioether (sulfide) groups is 1. The van der Waals surface area contributed by atoms with Crippen LogP contribution in [0, 0.1) is 5.82 Å². The molecule has 1 heterocycles. The summed E-state index contributed by atoms with van der Waals surface area (Å²) in [4.78, 5) is 0. The lowest BCUT2D eigenvalue weighted by Gasteiger charge is -2.34. The van der Waals surface area contributed by atoms with Crippen molar-refractivity contribution in [2.24, 2.45) is 0 Å². The fraction of sp³-hybridized carbons (Fsp3) is 0.625. The van der Waals surface area contributed by atoms with Crippen LogP contribution in [0.1, 0.15) is 38.7 Å². The predicted molar refractivity (Wildman–Crippen MR) is 87.3 cm³/mol. The molecular formula is C16H23ClFNS. The minimum absolute atomic E-state index is 0.227. The summed E-state index contributed by atoms with van der Waals surface area (Å²) >= 11 is 8.15. The Labute approximate surface area is 130 Å². The van der Waals surface area contributed by atoms with Crippen molar-refractivity contribution in [1.82, 2.24) is 5.32 Å². The molecule has 1 aromatic rings. The van der Waals surface area contributed by atoms with E-state index in [1.807, 2.05) is 17.8 Å². The Morgan fingerprint density at radius 2 is 2.30 bits per heavy atom. The Balaban J connectivity index is 2.16. The van der Waals surface area contributed by atoms with E-state index in [4.69, 9.17) is 11.6 Å². The van der Waals surface area contributed by atoms with E-state index in [1.165, 1.54) is 24.7 Å². The van der Waals surface area contributed by atoms with Crippen molar-refractivity contribution in [3.63, 3.8) is 0 Å². The smallest absolute Gasteiger partial charge is 0.142 e. The first-order valence-corrected chi connectivity index (χ1v) is 8.73. The summed E-state index contributed by atoms with van der Waals surface area (Å²) in [5.74, 6) is 0.903. The Kier molecular flexibility index (Phi) is 5.76. The van der Waals surface area contributed by atoms with Crippen LogP contribution in [-0.2, 0) is 6.42 Å². The molecule has 1 N–H and O–H groups in total. The van der Waals surface area contributed by atoms with Crippen LogP contribution in [0.15, 0.2) is 18.2 Å². The molecule has 2 unspecified atom stereocenters. The van der Waals surface area contributed by atoms with Gasteiger partial charge in [-0.15, -0.1) is 0 Å². The summed E-state index contributed by atoms with van der Waals surface area (Å²) in [7, 11) is 0. The van der Waals surface area contributed by atoms with Crippen LogP contribution in [0.25, 0.3) is 0 Å².